The van der Waals surface area contributed by atoms with Crippen LogP contribution in [0.25, 0.3) is 11.5 Å². The second-order valence-electron chi connectivity index (χ2n) is 3.35. The SMILES string of the molecule is COc1ncccc1-c1nnc(CCCCl)o1. The lowest BCUT2D eigenvalue weighted by molar-refractivity contribution is 0.397. The van der Waals surface area contributed by atoms with Crippen LogP contribution in [0.3, 0.4) is 0 Å². The van der Waals surface area contributed by atoms with Crippen LogP contribution < -0.4 is 4.74 Å². The number of aryl methyl sites for hydroxylation is 1. The summed E-state index contributed by atoms with van der Waals surface area (Å²) in [6.07, 6.45) is 3.14. The summed E-state index contributed by atoms with van der Waals surface area (Å²) in [6, 6.07) is 3.62. The van der Waals surface area contributed by atoms with Crippen molar-refractivity contribution >= 4 is 11.6 Å². The molecule has 0 aliphatic carbocycles. The van der Waals surface area contributed by atoms with Gasteiger partial charge in [-0.1, -0.05) is 0 Å². The van der Waals surface area contributed by atoms with Crippen LogP contribution in [0.1, 0.15) is 12.3 Å². The molecule has 0 saturated carbocycles. The molecule has 0 radical (unpaired) electrons. The Kier molecular flexibility index (Phi) is 3.93. The van der Waals surface area contributed by atoms with Gasteiger partial charge >= 0.3 is 0 Å². The Balaban J connectivity index is 2.24. The van der Waals surface area contributed by atoms with E-state index < -0.39 is 0 Å². The van der Waals surface area contributed by atoms with Gasteiger partial charge in [0.1, 0.15) is 5.56 Å². The van der Waals surface area contributed by atoms with Crippen molar-refractivity contribution in [3.8, 4) is 17.3 Å². The first-order valence-corrected chi connectivity index (χ1v) is 5.76. The molecule has 0 bridgehead atoms. The average molecular weight is 254 g/mol. The highest BCUT2D eigenvalue weighted by atomic mass is 35.5. The third-order valence-electron chi connectivity index (χ3n) is 2.19. The van der Waals surface area contributed by atoms with Crippen LogP contribution in [0.4, 0.5) is 0 Å². The molecule has 6 heteroatoms. The first kappa shape index (κ1) is 11.9. The van der Waals surface area contributed by atoms with E-state index in [0.717, 1.165) is 6.42 Å². The zero-order chi connectivity index (χ0) is 12.1. The number of aromatic nitrogens is 3. The molecule has 0 aliphatic rings. The smallest absolute Gasteiger partial charge is 0.253 e. The van der Waals surface area contributed by atoms with Gasteiger partial charge in [-0.3, -0.25) is 0 Å². The Hall–Kier alpha value is -1.62. The van der Waals surface area contributed by atoms with E-state index in [2.05, 4.69) is 15.2 Å². The fourth-order valence-electron chi connectivity index (χ4n) is 1.40. The van der Waals surface area contributed by atoms with Gasteiger partial charge in [0, 0.05) is 18.5 Å². The van der Waals surface area contributed by atoms with Crippen LogP contribution in [0, 0.1) is 0 Å². The van der Waals surface area contributed by atoms with Crippen molar-refractivity contribution in [1.29, 1.82) is 0 Å². The van der Waals surface area contributed by atoms with Gasteiger partial charge in [-0.25, -0.2) is 4.98 Å². The lowest BCUT2D eigenvalue weighted by Gasteiger charge is -2.01. The third kappa shape index (κ3) is 2.74. The molecule has 0 saturated heterocycles. The van der Waals surface area contributed by atoms with Gasteiger partial charge in [0.2, 0.25) is 11.8 Å². The number of rotatable bonds is 5. The summed E-state index contributed by atoms with van der Waals surface area (Å²) in [5.41, 5.74) is 0.694. The van der Waals surface area contributed by atoms with Gasteiger partial charge in [-0.15, -0.1) is 21.8 Å². The number of methoxy groups -OCH3 is 1. The largest absolute Gasteiger partial charge is 0.480 e. The molecule has 0 fully saturated rings. The number of hydrogen-bond donors (Lipinski definition) is 0. The van der Waals surface area contributed by atoms with E-state index in [4.69, 9.17) is 20.8 Å². The zero-order valence-corrected chi connectivity index (χ0v) is 10.1. The molecule has 0 unspecified atom stereocenters. The van der Waals surface area contributed by atoms with E-state index in [1.807, 2.05) is 6.07 Å². The summed E-state index contributed by atoms with van der Waals surface area (Å²) in [4.78, 5) is 4.07. The van der Waals surface area contributed by atoms with Crippen LogP contribution in [-0.4, -0.2) is 28.2 Å². The number of hydrogen-bond acceptors (Lipinski definition) is 5. The summed E-state index contributed by atoms with van der Waals surface area (Å²) in [5, 5.41) is 7.92. The summed E-state index contributed by atoms with van der Waals surface area (Å²) in [6.45, 7) is 0. The molecule has 2 heterocycles. The predicted molar refractivity (Wildman–Crippen MR) is 63.1 cm³/mol. The second-order valence-corrected chi connectivity index (χ2v) is 3.73. The number of halogens is 1. The maximum absolute atomic E-state index is 5.60. The minimum atomic E-state index is 0.416. The van der Waals surface area contributed by atoms with Crippen LogP contribution >= 0.6 is 11.6 Å². The Morgan fingerprint density at radius 2 is 2.29 bits per heavy atom. The molecule has 17 heavy (non-hydrogen) atoms. The van der Waals surface area contributed by atoms with Crippen molar-refractivity contribution in [2.24, 2.45) is 0 Å². The predicted octanol–water partition coefficient (Wildman–Crippen LogP) is 2.31. The van der Waals surface area contributed by atoms with E-state index >= 15 is 0 Å². The highest BCUT2D eigenvalue weighted by molar-refractivity contribution is 6.17. The second kappa shape index (κ2) is 5.63. The summed E-state index contributed by atoms with van der Waals surface area (Å²) < 4.78 is 10.6. The molecule has 5 nitrogen and oxygen atoms in total. The first-order chi connectivity index (χ1) is 8.35. The maximum atomic E-state index is 5.60. The highest BCUT2D eigenvalue weighted by Crippen LogP contribution is 2.26. The molecule has 0 N–H and O–H groups in total. The third-order valence-corrected chi connectivity index (χ3v) is 2.45. The molecule has 0 aliphatic heterocycles. The van der Waals surface area contributed by atoms with E-state index in [1.54, 1.807) is 19.4 Å². The molecule has 2 aromatic rings. The lowest BCUT2D eigenvalue weighted by atomic mass is 10.3. The maximum Gasteiger partial charge on any atom is 0.253 e. The van der Waals surface area contributed by atoms with Gasteiger partial charge in [0.15, 0.2) is 0 Å². The lowest BCUT2D eigenvalue weighted by Crippen LogP contribution is -1.90. The molecule has 0 spiro atoms. The van der Waals surface area contributed by atoms with Crippen LogP contribution in [-0.2, 0) is 6.42 Å². The fraction of sp³-hybridized carbons (Fsp3) is 0.364. The highest BCUT2D eigenvalue weighted by Gasteiger charge is 2.13. The van der Waals surface area contributed by atoms with Crippen molar-refractivity contribution < 1.29 is 9.15 Å². The number of ether oxygens (including phenoxy) is 1. The van der Waals surface area contributed by atoms with Gasteiger partial charge in [-0.05, 0) is 18.6 Å². The number of nitrogens with zero attached hydrogens (tertiary/aromatic N) is 3. The van der Waals surface area contributed by atoms with Gasteiger partial charge in [0.05, 0.1) is 7.11 Å². The van der Waals surface area contributed by atoms with E-state index in [1.165, 1.54) is 0 Å². The fourth-order valence-corrected chi connectivity index (χ4v) is 1.53. The topological polar surface area (TPSA) is 61.0 Å². The minimum Gasteiger partial charge on any atom is -0.480 e. The molecule has 90 valence electrons. The monoisotopic (exact) mass is 253 g/mol. The van der Waals surface area contributed by atoms with Gasteiger partial charge < -0.3 is 9.15 Å². The molecular formula is C11H12ClN3O2. The van der Waals surface area contributed by atoms with Crippen molar-refractivity contribution in [1.82, 2.24) is 15.2 Å². The van der Waals surface area contributed by atoms with Gasteiger partial charge in [-0.2, -0.15) is 0 Å². The quantitative estimate of drug-likeness (QED) is 0.766. The van der Waals surface area contributed by atoms with Crippen LogP contribution in [0.5, 0.6) is 5.88 Å². The Labute approximate surface area is 104 Å². The molecule has 2 aromatic heterocycles. The normalized spacial score (nSPS) is 10.5. The molecular weight excluding hydrogens is 242 g/mol. The molecule has 0 aromatic carbocycles. The van der Waals surface area contributed by atoms with E-state index in [9.17, 15) is 0 Å². The number of pyridine rings is 1. The Morgan fingerprint density at radius 1 is 1.41 bits per heavy atom. The molecule has 0 atom stereocenters. The Bertz CT molecular complexity index is 487. The summed E-state index contributed by atoms with van der Waals surface area (Å²) >= 11 is 5.60. The number of alkyl halides is 1. The first-order valence-electron chi connectivity index (χ1n) is 5.23. The molecule has 2 rings (SSSR count). The molecule has 0 amide bonds. The van der Waals surface area contributed by atoms with Crippen molar-refractivity contribution in [3.63, 3.8) is 0 Å². The van der Waals surface area contributed by atoms with Crippen molar-refractivity contribution in [3.05, 3.63) is 24.2 Å². The average Bonchev–Trinajstić information content (AvgIpc) is 2.85. The van der Waals surface area contributed by atoms with Crippen molar-refractivity contribution in [2.45, 2.75) is 12.8 Å². The minimum absolute atomic E-state index is 0.416. The summed E-state index contributed by atoms with van der Waals surface area (Å²) in [5.74, 6) is 2.04. The van der Waals surface area contributed by atoms with Crippen molar-refractivity contribution in [2.75, 3.05) is 13.0 Å². The van der Waals surface area contributed by atoms with Crippen LogP contribution in [0.15, 0.2) is 22.7 Å². The van der Waals surface area contributed by atoms with E-state index in [-0.39, 0.29) is 0 Å². The standard InChI is InChI=1S/C11H12ClN3O2/c1-16-10-8(4-3-7-13-10)11-15-14-9(17-11)5-2-6-12/h3-4,7H,2,5-6H2,1H3. The van der Waals surface area contributed by atoms with E-state index in [0.29, 0.717) is 35.5 Å². The van der Waals surface area contributed by atoms with Gasteiger partial charge in [0.25, 0.3) is 5.89 Å². The summed E-state index contributed by atoms with van der Waals surface area (Å²) in [7, 11) is 1.55. The van der Waals surface area contributed by atoms with Crippen LogP contribution in [0.2, 0.25) is 0 Å². The zero-order valence-electron chi connectivity index (χ0n) is 9.39. The Morgan fingerprint density at radius 3 is 3.06 bits per heavy atom.